The Morgan fingerprint density at radius 2 is 2.40 bits per heavy atom. The molecule has 4 heteroatoms. The van der Waals surface area contributed by atoms with Crippen LogP contribution in [0.4, 0.5) is 0 Å². The molecule has 1 atom stereocenters. The van der Waals surface area contributed by atoms with Gasteiger partial charge in [0, 0.05) is 4.47 Å². The molecule has 1 aromatic carbocycles. The lowest BCUT2D eigenvalue weighted by molar-refractivity contribution is -0.119. The van der Waals surface area contributed by atoms with Crippen molar-refractivity contribution in [2.45, 2.75) is 18.9 Å². The molecule has 0 saturated carbocycles. The van der Waals surface area contributed by atoms with Crippen molar-refractivity contribution in [3.8, 4) is 0 Å². The van der Waals surface area contributed by atoms with Gasteiger partial charge in [-0.3, -0.25) is 4.79 Å². The van der Waals surface area contributed by atoms with E-state index in [1.54, 1.807) is 0 Å². The molecule has 0 spiro atoms. The number of carbonyl (C=O) groups excluding carboxylic acids is 1. The van der Waals surface area contributed by atoms with Crippen LogP contribution in [0.1, 0.15) is 23.6 Å². The smallest absolute Gasteiger partial charge is 0.235 e. The van der Waals surface area contributed by atoms with Crippen LogP contribution in [0.15, 0.2) is 22.7 Å². The minimum atomic E-state index is -0.102. The van der Waals surface area contributed by atoms with Crippen LogP contribution in [0.3, 0.4) is 0 Å². The van der Waals surface area contributed by atoms with E-state index in [9.17, 15) is 4.79 Å². The molecule has 1 amide bonds. The van der Waals surface area contributed by atoms with E-state index in [1.165, 1.54) is 11.1 Å². The molecule has 0 saturated heterocycles. The SMILES string of the molecule is O=C(CCl)N[C@H]1CCc2c(Br)cccc21. The van der Waals surface area contributed by atoms with Gasteiger partial charge in [-0.1, -0.05) is 28.1 Å². The van der Waals surface area contributed by atoms with Gasteiger partial charge < -0.3 is 5.32 Å². The number of halogens is 2. The van der Waals surface area contributed by atoms with Crippen molar-refractivity contribution in [2.75, 3.05) is 5.88 Å². The number of hydrogen-bond donors (Lipinski definition) is 1. The second kappa shape index (κ2) is 4.54. The summed E-state index contributed by atoms with van der Waals surface area (Å²) in [6, 6.07) is 6.22. The third-order valence-corrected chi connectivity index (χ3v) is 3.66. The molecule has 2 nitrogen and oxygen atoms in total. The summed E-state index contributed by atoms with van der Waals surface area (Å²) in [5.74, 6) is -0.0747. The van der Waals surface area contributed by atoms with Gasteiger partial charge in [-0.15, -0.1) is 11.6 Å². The van der Waals surface area contributed by atoms with Crippen molar-refractivity contribution < 1.29 is 4.79 Å². The predicted molar refractivity (Wildman–Crippen MR) is 64.1 cm³/mol. The normalized spacial score (nSPS) is 18.7. The zero-order valence-corrected chi connectivity index (χ0v) is 10.4. The maximum Gasteiger partial charge on any atom is 0.235 e. The van der Waals surface area contributed by atoms with Crippen LogP contribution < -0.4 is 5.32 Å². The van der Waals surface area contributed by atoms with Crippen LogP contribution >= 0.6 is 27.5 Å². The molecule has 1 aliphatic rings. The van der Waals surface area contributed by atoms with Crippen LogP contribution in [0.2, 0.25) is 0 Å². The third-order valence-electron chi connectivity index (χ3n) is 2.67. The van der Waals surface area contributed by atoms with Gasteiger partial charge in [0.05, 0.1) is 6.04 Å². The molecule has 1 aromatic rings. The summed E-state index contributed by atoms with van der Waals surface area (Å²) in [5.41, 5.74) is 2.51. The van der Waals surface area contributed by atoms with Gasteiger partial charge >= 0.3 is 0 Å². The number of carbonyl (C=O) groups is 1. The highest BCUT2D eigenvalue weighted by atomic mass is 79.9. The monoisotopic (exact) mass is 287 g/mol. The van der Waals surface area contributed by atoms with E-state index in [-0.39, 0.29) is 17.8 Å². The average Bonchev–Trinajstić information content (AvgIpc) is 2.63. The van der Waals surface area contributed by atoms with E-state index in [1.807, 2.05) is 12.1 Å². The fourth-order valence-electron chi connectivity index (χ4n) is 1.99. The Morgan fingerprint density at radius 1 is 1.60 bits per heavy atom. The van der Waals surface area contributed by atoms with E-state index < -0.39 is 0 Å². The third kappa shape index (κ3) is 2.18. The Hall–Kier alpha value is -0.540. The molecule has 0 fully saturated rings. The lowest BCUT2D eigenvalue weighted by atomic mass is 10.1. The van der Waals surface area contributed by atoms with Gasteiger partial charge in [-0.2, -0.15) is 0 Å². The van der Waals surface area contributed by atoms with Crippen LogP contribution in [0, 0.1) is 0 Å². The van der Waals surface area contributed by atoms with Crippen LogP contribution in [-0.4, -0.2) is 11.8 Å². The molecular formula is C11H11BrClNO. The summed E-state index contributed by atoms with van der Waals surface area (Å²) in [6.45, 7) is 0. The van der Waals surface area contributed by atoms with Gasteiger partial charge in [0.1, 0.15) is 5.88 Å². The fourth-order valence-corrected chi connectivity index (χ4v) is 2.65. The van der Waals surface area contributed by atoms with E-state index in [4.69, 9.17) is 11.6 Å². The number of amides is 1. The summed E-state index contributed by atoms with van der Waals surface area (Å²) in [6.07, 6.45) is 1.96. The minimum absolute atomic E-state index is 0.0276. The molecule has 0 unspecified atom stereocenters. The maximum atomic E-state index is 11.2. The molecule has 15 heavy (non-hydrogen) atoms. The van der Waals surface area contributed by atoms with Crippen molar-refractivity contribution in [1.29, 1.82) is 0 Å². The molecule has 0 bridgehead atoms. The second-order valence-electron chi connectivity index (χ2n) is 3.60. The standard InChI is InChI=1S/C11H11BrClNO/c12-9-3-1-2-8-7(9)4-5-10(8)14-11(15)6-13/h1-3,10H,4-6H2,(H,14,15)/t10-/m0/s1. The van der Waals surface area contributed by atoms with Crippen LogP contribution in [0.5, 0.6) is 0 Å². The highest BCUT2D eigenvalue weighted by Gasteiger charge is 2.24. The van der Waals surface area contributed by atoms with Gasteiger partial charge in [0.2, 0.25) is 5.91 Å². The first kappa shape index (κ1) is 11.0. The largest absolute Gasteiger partial charge is 0.348 e. The Bertz CT molecular complexity index is 394. The Morgan fingerprint density at radius 3 is 3.13 bits per heavy atom. The minimum Gasteiger partial charge on any atom is -0.348 e. The van der Waals surface area contributed by atoms with Crippen molar-refractivity contribution in [2.24, 2.45) is 0 Å². The highest BCUT2D eigenvalue weighted by Crippen LogP contribution is 2.35. The zero-order chi connectivity index (χ0) is 10.8. The molecule has 0 heterocycles. The van der Waals surface area contributed by atoms with E-state index >= 15 is 0 Å². The fraction of sp³-hybridized carbons (Fsp3) is 0.364. The van der Waals surface area contributed by atoms with Crippen LogP contribution in [0.25, 0.3) is 0 Å². The quantitative estimate of drug-likeness (QED) is 0.833. The van der Waals surface area contributed by atoms with Crippen molar-refractivity contribution in [1.82, 2.24) is 5.32 Å². The summed E-state index contributed by atoms with van der Waals surface area (Å²) >= 11 is 8.99. The lowest BCUT2D eigenvalue weighted by Crippen LogP contribution is -2.27. The molecular weight excluding hydrogens is 277 g/mol. The van der Waals surface area contributed by atoms with Gasteiger partial charge in [-0.05, 0) is 30.0 Å². The van der Waals surface area contributed by atoms with E-state index in [0.29, 0.717) is 0 Å². The van der Waals surface area contributed by atoms with Gasteiger partial charge in [0.15, 0.2) is 0 Å². The first-order valence-corrected chi connectivity index (χ1v) is 6.17. The summed E-state index contributed by atoms with van der Waals surface area (Å²) in [7, 11) is 0. The molecule has 0 aromatic heterocycles. The molecule has 2 rings (SSSR count). The van der Waals surface area contributed by atoms with E-state index in [0.717, 1.165) is 17.3 Å². The molecule has 1 N–H and O–H groups in total. The topological polar surface area (TPSA) is 29.1 Å². The predicted octanol–water partition coefficient (Wildman–Crippen LogP) is 2.79. The Labute approximate surface area is 102 Å². The highest BCUT2D eigenvalue weighted by molar-refractivity contribution is 9.10. The number of alkyl halides is 1. The van der Waals surface area contributed by atoms with Crippen molar-refractivity contribution >= 4 is 33.4 Å². The number of fused-ring (bicyclic) bond motifs is 1. The number of rotatable bonds is 2. The molecule has 0 radical (unpaired) electrons. The zero-order valence-electron chi connectivity index (χ0n) is 8.09. The average molecular weight is 289 g/mol. The summed E-state index contributed by atoms with van der Waals surface area (Å²) < 4.78 is 1.13. The molecule has 80 valence electrons. The van der Waals surface area contributed by atoms with E-state index in [2.05, 4.69) is 27.3 Å². The first-order chi connectivity index (χ1) is 7.22. The van der Waals surface area contributed by atoms with Crippen molar-refractivity contribution in [3.05, 3.63) is 33.8 Å². The number of hydrogen-bond acceptors (Lipinski definition) is 1. The number of nitrogens with one attached hydrogen (secondary N) is 1. The molecule has 0 aliphatic heterocycles. The Balaban J connectivity index is 2.21. The van der Waals surface area contributed by atoms with Gasteiger partial charge in [-0.25, -0.2) is 0 Å². The maximum absolute atomic E-state index is 11.2. The Kier molecular flexibility index (Phi) is 3.32. The number of benzene rings is 1. The summed E-state index contributed by atoms with van der Waals surface area (Å²) in [5, 5.41) is 2.92. The second-order valence-corrected chi connectivity index (χ2v) is 4.72. The lowest BCUT2D eigenvalue weighted by Gasteiger charge is -2.13. The molecule has 1 aliphatic carbocycles. The van der Waals surface area contributed by atoms with Crippen LogP contribution in [-0.2, 0) is 11.2 Å². The van der Waals surface area contributed by atoms with Gasteiger partial charge in [0.25, 0.3) is 0 Å². The van der Waals surface area contributed by atoms with Crippen molar-refractivity contribution in [3.63, 3.8) is 0 Å². The first-order valence-electron chi connectivity index (χ1n) is 4.85. The summed E-state index contributed by atoms with van der Waals surface area (Å²) in [4.78, 5) is 11.2.